The molecule has 0 radical (unpaired) electrons. The van der Waals surface area contributed by atoms with Gasteiger partial charge in [0.25, 0.3) is 5.91 Å². The summed E-state index contributed by atoms with van der Waals surface area (Å²) in [6, 6.07) is 26.1. The average molecular weight is 399 g/mol. The number of anilines is 1. The summed E-state index contributed by atoms with van der Waals surface area (Å²) >= 11 is 0. The summed E-state index contributed by atoms with van der Waals surface area (Å²) in [5, 5.41) is 15.2. The predicted molar refractivity (Wildman–Crippen MR) is 114 cm³/mol. The zero-order valence-electron chi connectivity index (χ0n) is 16.5. The first-order valence-electron chi connectivity index (χ1n) is 9.61. The molecule has 1 aromatic heterocycles. The molecular formula is C23H21N5O2. The predicted octanol–water partition coefficient (Wildman–Crippen LogP) is 4.12. The summed E-state index contributed by atoms with van der Waals surface area (Å²) in [4.78, 5) is 13.9. The van der Waals surface area contributed by atoms with E-state index in [0.717, 1.165) is 16.9 Å². The number of hydrogen-bond acceptors (Lipinski definition) is 5. The number of ether oxygens (including phenoxy) is 1. The van der Waals surface area contributed by atoms with Gasteiger partial charge in [-0.25, -0.2) is 0 Å². The van der Waals surface area contributed by atoms with Gasteiger partial charge in [0.1, 0.15) is 18.4 Å². The molecule has 1 N–H and O–H groups in total. The Hall–Kier alpha value is -4.00. The molecule has 0 saturated carbocycles. The van der Waals surface area contributed by atoms with Crippen molar-refractivity contribution < 1.29 is 9.53 Å². The summed E-state index contributed by atoms with van der Waals surface area (Å²) in [5.74, 6) is 0.982. The Balaban J connectivity index is 1.35. The van der Waals surface area contributed by atoms with Gasteiger partial charge < -0.3 is 10.1 Å². The molecule has 0 saturated heterocycles. The van der Waals surface area contributed by atoms with Crippen LogP contribution < -0.4 is 10.1 Å². The first kappa shape index (κ1) is 19.3. The van der Waals surface area contributed by atoms with Gasteiger partial charge in [-0.05, 0) is 42.0 Å². The van der Waals surface area contributed by atoms with Crippen molar-refractivity contribution in [1.82, 2.24) is 20.2 Å². The third kappa shape index (κ3) is 4.70. The van der Waals surface area contributed by atoms with Crippen LogP contribution >= 0.6 is 0 Å². The molecule has 4 aromatic rings. The van der Waals surface area contributed by atoms with E-state index < -0.39 is 6.04 Å². The standard InChI is InChI=1S/C23H21N5O2/c1-17(28-26-22(25-27-28)19-10-6-3-7-11-19)23(29)24-20-12-14-21(15-13-20)30-16-18-8-4-2-5-9-18/h2-15,17H,16H2,1H3,(H,24,29). The molecule has 0 aliphatic rings. The van der Waals surface area contributed by atoms with Gasteiger partial charge in [0.15, 0.2) is 0 Å². The Morgan fingerprint density at radius 1 is 0.967 bits per heavy atom. The number of rotatable bonds is 7. The smallest absolute Gasteiger partial charge is 0.250 e. The lowest BCUT2D eigenvalue weighted by Gasteiger charge is -2.11. The van der Waals surface area contributed by atoms with Crippen molar-refractivity contribution in [3.05, 3.63) is 90.5 Å². The van der Waals surface area contributed by atoms with Crippen LogP contribution in [0.1, 0.15) is 18.5 Å². The number of nitrogens with zero attached hydrogens (tertiary/aromatic N) is 4. The van der Waals surface area contributed by atoms with Crippen molar-refractivity contribution in [3.8, 4) is 17.1 Å². The van der Waals surface area contributed by atoms with Gasteiger partial charge in [0.2, 0.25) is 5.82 Å². The monoisotopic (exact) mass is 399 g/mol. The Morgan fingerprint density at radius 2 is 1.63 bits per heavy atom. The molecule has 0 bridgehead atoms. The number of benzene rings is 3. The van der Waals surface area contributed by atoms with E-state index in [4.69, 9.17) is 4.74 Å². The lowest BCUT2D eigenvalue weighted by atomic mass is 10.2. The third-order valence-corrected chi connectivity index (χ3v) is 4.56. The van der Waals surface area contributed by atoms with Crippen molar-refractivity contribution in [2.24, 2.45) is 0 Å². The van der Waals surface area contributed by atoms with E-state index in [2.05, 4.69) is 20.7 Å². The third-order valence-electron chi connectivity index (χ3n) is 4.56. The summed E-state index contributed by atoms with van der Waals surface area (Å²) in [6.07, 6.45) is 0. The minimum atomic E-state index is -0.607. The summed E-state index contributed by atoms with van der Waals surface area (Å²) < 4.78 is 5.77. The van der Waals surface area contributed by atoms with E-state index in [1.165, 1.54) is 4.80 Å². The molecule has 1 heterocycles. The molecule has 150 valence electrons. The molecule has 3 aromatic carbocycles. The zero-order chi connectivity index (χ0) is 20.8. The van der Waals surface area contributed by atoms with Gasteiger partial charge in [-0.15, -0.1) is 10.2 Å². The molecule has 1 amide bonds. The average Bonchev–Trinajstić information content (AvgIpc) is 3.30. The molecule has 7 heteroatoms. The highest BCUT2D eigenvalue weighted by atomic mass is 16.5. The molecule has 0 spiro atoms. The van der Waals surface area contributed by atoms with Gasteiger partial charge in [-0.2, -0.15) is 4.80 Å². The fourth-order valence-corrected chi connectivity index (χ4v) is 2.82. The normalized spacial score (nSPS) is 11.6. The lowest BCUT2D eigenvalue weighted by Crippen LogP contribution is -2.25. The van der Waals surface area contributed by atoms with Crippen LogP contribution in [0.15, 0.2) is 84.9 Å². The number of carbonyl (C=O) groups excluding carboxylic acids is 1. The van der Waals surface area contributed by atoms with Crippen LogP contribution in [0.3, 0.4) is 0 Å². The van der Waals surface area contributed by atoms with E-state index in [1.54, 1.807) is 19.1 Å². The fraction of sp³-hybridized carbons (Fsp3) is 0.130. The molecule has 0 aliphatic carbocycles. The van der Waals surface area contributed by atoms with Crippen LogP contribution in [0.25, 0.3) is 11.4 Å². The molecule has 1 unspecified atom stereocenters. The maximum absolute atomic E-state index is 12.6. The second-order valence-corrected chi connectivity index (χ2v) is 6.76. The van der Waals surface area contributed by atoms with Crippen molar-refractivity contribution in [3.63, 3.8) is 0 Å². The minimum absolute atomic E-state index is 0.232. The summed E-state index contributed by atoms with van der Waals surface area (Å²) in [6.45, 7) is 2.22. The molecular weight excluding hydrogens is 378 g/mol. The number of aromatic nitrogens is 4. The van der Waals surface area contributed by atoms with Crippen LogP contribution in [0, 0.1) is 0 Å². The SMILES string of the molecule is CC(C(=O)Nc1ccc(OCc2ccccc2)cc1)n1nnc(-c2ccccc2)n1. The van der Waals surface area contributed by atoms with Gasteiger partial charge in [0, 0.05) is 11.3 Å². The quantitative estimate of drug-likeness (QED) is 0.506. The second-order valence-electron chi connectivity index (χ2n) is 6.76. The highest BCUT2D eigenvalue weighted by molar-refractivity contribution is 5.93. The van der Waals surface area contributed by atoms with Crippen molar-refractivity contribution in [2.75, 3.05) is 5.32 Å². The Morgan fingerprint density at radius 3 is 2.33 bits per heavy atom. The highest BCUT2D eigenvalue weighted by Crippen LogP contribution is 2.19. The number of amides is 1. The van der Waals surface area contributed by atoms with Gasteiger partial charge in [-0.3, -0.25) is 4.79 Å². The number of hydrogen-bond donors (Lipinski definition) is 1. The van der Waals surface area contributed by atoms with Crippen molar-refractivity contribution in [1.29, 1.82) is 0 Å². The maximum atomic E-state index is 12.6. The number of nitrogens with one attached hydrogen (secondary N) is 1. The number of tetrazole rings is 1. The van der Waals surface area contributed by atoms with E-state index in [0.29, 0.717) is 18.1 Å². The van der Waals surface area contributed by atoms with Gasteiger partial charge in [0.05, 0.1) is 0 Å². The molecule has 30 heavy (non-hydrogen) atoms. The molecule has 4 rings (SSSR count). The zero-order valence-corrected chi connectivity index (χ0v) is 16.5. The second kappa shape index (κ2) is 9.00. The first-order chi connectivity index (χ1) is 14.7. The van der Waals surface area contributed by atoms with Crippen LogP contribution in [-0.4, -0.2) is 26.1 Å². The molecule has 1 atom stereocenters. The van der Waals surface area contributed by atoms with Crippen molar-refractivity contribution >= 4 is 11.6 Å². The van der Waals surface area contributed by atoms with Crippen LogP contribution in [0.5, 0.6) is 5.75 Å². The van der Waals surface area contributed by atoms with Crippen LogP contribution in [-0.2, 0) is 11.4 Å². The molecule has 0 fully saturated rings. The van der Waals surface area contributed by atoms with Crippen LogP contribution in [0.4, 0.5) is 5.69 Å². The van der Waals surface area contributed by atoms with Gasteiger partial charge in [-0.1, -0.05) is 60.7 Å². The Bertz CT molecular complexity index is 1100. The highest BCUT2D eigenvalue weighted by Gasteiger charge is 2.19. The summed E-state index contributed by atoms with van der Waals surface area (Å²) in [5.41, 5.74) is 2.61. The van der Waals surface area contributed by atoms with E-state index in [1.807, 2.05) is 72.8 Å². The largest absolute Gasteiger partial charge is 0.489 e. The first-order valence-corrected chi connectivity index (χ1v) is 9.61. The van der Waals surface area contributed by atoms with E-state index in [-0.39, 0.29) is 5.91 Å². The molecule has 7 nitrogen and oxygen atoms in total. The van der Waals surface area contributed by atoms with Crippen LogP contribution in [0.2, 0.25) is 0 Å². The van der Waals surface area contributed by atoms with Crippen molar-refractivity contribution in [2.45, 2.75) is 19.6 Å². The van der Waals surface area contributed by atoms with E-state index in [9.17, 15) is 4.79 Å². The number of carbonyl (C=O) groups is 1. The maximum Gasteiger partial charge on any atom is 0.250 e. The Kier molecular flexibility index (Phi) is 5.80. The summed E-state index contributed by atoms with van der Waals surface area (Å²) in [7, 11) is 0. The fourth-order valence-electron chi connectivity index (χ4n) is 2.82. The van der Waals surface area contributed by atoms with Gasteiger partial charge >= 0.3 is 0 Å². The topological polar surface area (TPSA) is 81.9 Å². The molecule has 0 aliphatic heterocycles. The Labute approximate surface area is 174 Å². The lowest BCUT2D eigenvalue weighted by molar-refractivity contribution is -0.119. The van der Waals surface area contributed by atoms with E-state index >= 15 is 0 Å². The minimum Gasteiger partial charge on any atom is -0.489 e.